The molecule has 0 saturated carbocycles. The van der Waals surface area contributed by atoms with Crippen molar-refractivity contribution in [3.63, 3.8) is 0 Å². The van der Waals surface area contributed by atoms with Crippen LogP contribution in [0.1, 0.15) is 15.9 Å². The van der Waals surface area contributed by atoms with E-state index in [1.54, 1.807) is 48.5 Å². The zero-order chi connectivity index (χ0) is 18.1. The Morgan fingerprint density at radius 3 is 2.52 bits per heavy atom. The van der Waals surface area contributed by atoms with Crippen molar-refractivity contribution in [2.24, 2.45) is 5.10 Å². The molecule has 0 spiro atoms. The molecular weight excluding hydrogens is 324 g/mol. The van der Waals surface area contributed by atoms with Gasteiger partial charge in [-0.1, -0.05) is 6.07 Å². The van der Waals surface area contributed by atoms with Gasteiger partial charge in [-0.05, 0) is 48.0 Å². The van der Waals surface area contributed by atoms with Crippen LogP contribution in [0, 0.1) is 0 Å². The summed E-state index contributed by atoms with van der Waals surface area (Å²) in [6, 6.07) is 13.6. The van der Waals surface area contributed by atoms with Crippen molar-refractivity contribution in [2.75, 3.05) is 20.8 Å². The summed E-state index contributed by atoms with van der Waals surface area (Å²) in [7, 11) is 2.83. The maximum Gasteiger partial charge on any atom is 0.343 e. The van der Waals surface area contributed by atoms with Crippen LogP contribution in [0.15, 0.2) is 53.6 Å². The second kappa shape index (κ2) is 9.07. The van der Waals surface area contributed by atoms with Crippen LogP contribution in [-0.2, 0) is 9.53 Å². The number of amides is 1. The molecule has 0 aliphatic rings. The first-order valence-corrected chi connectivity index (χ1v) is 7.39. The zero-order valence-electron chi connectivity index (χ0n) is 13.9. The molecule has 0 aromatic heterocycles. The first kappa shape index (κ1) is 18.0. The van der Waals surface area contributed by atoms with Gasteiger partial charge in [0.2, 0.25) is 0 Å². The van der Waals surface area contributed by atoms with E-state index < -0.39 is 5.97 Å². The molecule has 0 saturated heterocycles. The van der Waals surface area contributed by atoms with Gasteiger partial charge in [0.25, 0.3) is 5.91 Å². The van der Waals surface area contributed by atoms with Crippen LogP contribution in [-0.4, -0.2) is 38.9 Å². The number of hydrogen-bond donors (Lipinski definition) is 1. The molecule has 0 fully saturated rings. The minimum atomic E-state index is -0.453. The normalized spacial score (nSPS) is 10.3. The Morgan fingerprint density at radius 2 is 1.84 bits per heavy atom. The lowest BCUT2D eigenvalue weighted by molar-refractivity contribution is -0.142. The Balaban J connectivity index is 1.88. The number of nitrogens with zero attached hydrogens (tertiary/aromatic N) is 1. The van der Waals surface area contributed by atoms with Gasteiger partial charge in [0.15, 0.2) is 6.61 Å². The molecule has 0 radical (unpaired) electrons. The smallest absolute Gasteiger partial charge is 0.343 e. The molecule has 0 aliphatic heterocycles. The van der Waals surface area contributed by atoms with Crippen molar-refractivity contribution in [2.45, 2.75) is 0 Å². The fraction of sp³-hybridized carbons (Fsp3) is 0.167. The summed E-state index contributed by atoms with van der Waals surface area (Å²) in [6.07, 6.45) is 1.50. The van der Waals surface area contributed by atoms with E-state index in [1.807, 2.05) is 0 Å². The quantitative estimate of drug-likeness (QED) is 0.472. The predicted octanol–water partition coefficient (Wildman–Crippen LogP) is 2.01. The predicted molar refractivity (Wildman–Crippen MR) is 92.0 cm³/mol. The van der Waals surface area contributed by atoms with Gasteiger partial charge < -0.3 is 14.2 Å². The van der Waals surface area contributed by atoms with E-state index in [9.17, 15) is 9.59 Å². The topological polar surface area (TPSA) is 86.2 Å². The molecule has 1 amide bonds. The standard InChI is InChI=1S/C18H18N2O5/c1-23-16-5-3-4-14(10-16)18(22)20-19-11-13-6-8-15(9-7-13)25-12-17(21)24-2/h3-11H,12H2,1-2H3,(H,20,22)/b19-11-. The highest BCUT2D eigenvalue weighted by Crippen LogP contribution is 2.13. The Kier molecular flexibility index (Phi) is 6.53. The Labute approximate surface area is 145 Å². The summed E-state index contributed by atoms with van der Waals surface area (Å²) in [6.45, 7) is -0.152. The van der Waals surface area contributed by atoms with Crippen molar-refractivity contribution in [3.8, 4) is 11.5 Å². The average molecular weight is 342 g/mol. The van der Waals surface area contributed by atoms with Gasteiger partial charge >= 0.3 is 5.97 Å². The van der Waals surface area contributed by atoms with E-state index >= 15 is 0 Å². The second-order valence-corrected chi connectivity index (χ2v) is 4.86. The lowest BCUT2D eigenvalue weighted by atomic mass is 10.2. The second-order valence-electron chi connectivity index (χ2n) is 4.86. The first-order chi connectivity index (χ1) is 12.1. The Morgan fingerprint density at radius 1 is 1.08 bits per heavy atom. The van der Waals surface area contributed by atoms with E-state index in [0.29, 0.717) is 17.1 Å². The molecular formula is C18H18N2O5. The van der Waals surface area contributed by atoms with E-state index in [0.717, 1.165) is 5.56 Å². The number of esters is 1. The van der Waals surface area contributed by atoms with Crippen LogP contribution in [0.3, 0.4) is 0 Å². The van der Waals surface area contributed by atoms with Crippen molar-refractivity contribution in [3.05, 3.63) is 59.7 Å². The van der Waals surface area contributed by atoms with E-state index in [-0.39, 0.29) is 12.5 Å². The molecule has 25 heavy (non-hydrogen) atoms. The van der Waals surface area contributed by atoms with E-state index in [4.69, 9.17) is 9.47 Å². The van der Waals surface area contributed by atoms with Gasteiger partial charge in [-0.3, -0.25) is 4.79 Å². The van der Waals surface area contributed by atoms with Crippen molar-refractivity contribution in [1.29, 1.82) is 0 Å². The minimum absolute atomic E-state index is 0.152. The number of benzene rings is 2. The molecule has 7 heteroatoms. The monoisotopic (exact) mass is 342 g/mol. The summed E-state index contributed by atoms with van der Waals surface area (Å²) in [5, 5.41) is 3.91. The zero-order valence-corrected chi connectivity index (χ0v) is 13.9. The van der Waals surface area contributed by atoms with Gasteiger partial charge in [-0.25, -0.2) is 10.2 Å². The molecule has 0 heterocycles. The van der Waals surface area contributed by atoms with Gasteiger partial charge in [-0.15, -0.1) is 0 Å². The number of carbonyl (C=O) groups is 2. The minimum Gasteiger partial charge on any atom is -0.497 e. The van der Waals surface area contributed by atoms with Crippen molar-refractivity contribution in [1.82, 2.24) is 5.43 Å². The molecule has 0 atom stereocenters. The maximum atomic E-state index is 12.0. The molecule has 0 bridgehead atoms. The lowest BCUT2D eigenvalue weighted by Gasteiger charge is -2.04. The molecule has 0 aliphatic carbocycles. The molecule has 130 valence electrons. The Hall–Kier alpha value is -3.35. The molecule has 2 aromatic rings. The van der Waals surface area contributed by atoms with E-state index in [2.05, 4.69) is 15.3 Å². The van der Waals surface area contributed by atoms with Crippen LogP contribution in [0.2, 0.25) is 0 Å². The van der Waals surface area contributed by atoms with Crippen LogP contribution >= 0.6 is 0 Å². The summed E-state index contributed by atoms with van der Waals surface area (Å²) in [5.41, 5.74) is 3.65. The largest absolute Gasteiger partial charge is 0.497 e. The number of carbonyl (C=O) groups excluding carboxylic acids is 2. The van der Waals surface area contributed by atoms with Crippen molar-refractivity contribution < 1.29 is 23.8 Å². The van der Waals surface area contributed by atoms with Gasteiger partial charge in [0.1, 0.15) is 11.5 Å². The summed E-state index contributed by atoms with van der Waals surface area (Å²) >= 11 is 0. The Bertz CT molecular complexity index is 756. The highest BCUT2D eigenvalue weighted by Gasteiger charge is 2.05. The molecule has 2 rings (SSSR count). The van der Waals surface area contributed by atoms with Crippen molar-refractivity contribution >= 4 is 18.1 Å². The summed E-state index contributed by atoms with van der Waals surface area (Å²) in [5.74, 6) is 0.334. The molecule has 7 nitrogen and oxygen atoms in total. The number of nitrogens with one attached hydrogen (secondary N) is 1. The van der Waals surface area contributed by atoms with Gasteiger partial charge in [0, 0.05) is 5.56 Å². The maximum absolute atomic E-state index is 12.0. The third-order valence-corrected chi connectivity index (χ3v) is 3.18. The highest BCUT2D eigenvalue weighted by atomic mass is 16.6. The highest BCUT2D eigenvalue weighted by molar-refractivity contribution is 5.95. The number of hydrazone groups is 1. The molecule has 0 unspecified atom stereocenters. The lowest BCUT2D eigenvalue weighted by Crippen LogP contribution is -2.17. The first-order valence-electron chi connectivity index (χ1n) is 7.39. The molecule has 1 N–H and O–H groups in total. The van der Waals surface area contributed by atoms with Crippen LogP contribution in [0.25, 0.3) is 0 Å². The van der Waals surface area contributed by atoms with Crippen LogP contribution in [0.4, 0.5) is 0 Å². The summed E-state index contributed by atoms with van der Waals surface area (Å²) in [4.78, 5) is 23.0. The third-order valence-electron chi connectivity index (χ3n) is 3.18. The number of hydrogen-bond acceptors (Lipinski definition) is 6. The third kappa shape index (κ3) is 5.65. The number of ether oxygens (including phenoxy) is 3. The van der Waals surface area contributed by atoms with Crippen LogP contribution in [0.5, 0.6) is 11.5 Å². The SMILES string of the molecule is COC(=O)COc1ccc(/C=N\NC(=O)c2cccc(OC)c2)cc1. The van der Waals surface area contributed by atoms with Gasteiger partial charge in [0.05, 0.1) is 20.4 Å². The summed E-state index contributed by atoms with van der Waals surface area (Å²) < 4.78 is 14.8. The fourth-order valence-corrected chi connectivity index (χ4v) is 1.85. The number of rotatable bonds is 7. The molecule has 2 aromatic carbocycles. The van der Waals surface area contributed by atoms with Crippen LogP contribution < -0.4 is 14.9 Å². The van der Waals surface area contributed by atoms with Gasteiger partial charge in [-0.2, -0.15) is 5.10 Å². The number of methoxy groups -OCH3 is 2. The average Bonchev–Trinajstić information content (AvgIpc) is 2.67. The van der Waals surface area contributed by atoms with E-state index in [1.165, 1.54) is 20.4 Å². The fourth-order valence-electron chi connectivity index (χ4n) is 1.85.